The minimum atomic E-state index is 0.00372. The maximum Gasteiger partial charge on any atom is 0.273 e. The second-order valence-electron chi connectivity index (χ2n) is 7.26. The molecule has 1 aromatic carbocycles. The molecule has 1 aliphatic carbocycles. The molecular weight excluding hydrogens is 338 g/mol. The lowest BCUT2D eigenvalue weighted by atomic mass is 10.1. The average Bonchev–Trinajstić information content (AvgIpc) is 3.37. The first kappa shape index (κ1) is 16.2. The van der Waals surface area contributed by atoms with Gasteiger partial charge in [0.15, 0.2) is 0 Å². The van der Waals surface area contributed by atoms with E-state index in [2.05, 4.69) is 20.3 Å². The van der Waals surface area contributed by atoms with Crippen molar-refractivity contribution in [1.82, 2.24) is 19.9 Å². The van der Waals surface area contributed by atoms with Crippen molar-refractivity contribution >= 4 is 22.5 Å². The molecule has 1 atom stereocenters. The van der Waals surface area contributed by atoms with Gasteiger partial charge >= 0.3 is 0 Å². The van der Waals surface area contributed by atoms with Crippen LogP contribution in [0, 0.1) is 0 Å². The van der Waals surface area contributed by atoms with Crippen molar-refractivity contribution in [2.45, 2.75) is 31.7 Å². The van der Waals surface area contributed by atoms with Gasteiger partial charge in [0, 0.05) is 42.0 Å². The molecule has 0 bridgehead atoms. The lowest BCUT2D eigenvalue weighted by Crippen LogP contribution is -2.32. The largest absolute Gasteiger partial charge is 0.365 e. The normalized spacial score (nSPS) is 18.7. The lowest BCUT2D eigenvalue weighted by Gasteiger charge is -2.18. The second-order valence-corrected chi connectivity index (χ2v) is 7.26. The number of anilines is 1. The Labute approximate surface area is 157 Å². The van der Waals surface area contributed by atoms with E-state index >= 15 is 0 Å². The van der Waals surface area contributed by atoms with Crippen LogP contribution in [-0.4, -0.2) is 44.9 Å². The summed E-state index contributed by atoms with van der Waals surface area (Å²) in [5.74, 6) is 0.948. The van der Waals surface area contributed by atoms with Gasteiger partial charge in [-0.25, -0.2) is 9.97 Å². The Kier molecular flexibility index (Phi) is 3.96. The number of amides is 1. The molecule has 1 amide bonds. The summed E-state index contributed by atoms with van der Waals surface area (Å²) in [6.07, 6.45) is 7.48. The van der Waals surface area contributed by atoms with Gasteiger partial charge in [0.05, 0.1) is 0 Å². The fourth-order valence-electron chi connectivity index (χ4n) is 4.18. The van der Waals surface area contributed by atoms with Crippen LogP contribution in [0.1, 0.15) is 34.6 Å². The van der Waals surface area contributed by atoms with Gasteiger partial charge in [-0.3, -0.25) is 9.78 Å². The van der Waals surface area contributed by atoms with Crippen molar-refractivity contribution < 1.29 is 4.79 Å². The van der Waals surface area contributed by atoms with Crippen LogP contribution < -0.4 is 5.32 Å². The molecule has 1 aliphatic heterocycles. The highest BCUT2D eigenvalue weighted by molar-refractivity contribution is 6.05. The van der Waals surface area contributed by atoms with Crippen LogP contribution >= 0.6 is 0 Å². The van der Waals surface area contributed by atoms with Crippen LogP contribution in [0.4, 0.5) is 5.82 Å². The first-order valence-electron chi connectivity index (χ1n) is 9.52. The summed E-state index contributed by atoms with van der Waals surface area (Å²) in [6.45, 7) is 1.40. The molecule has 1 N–H and O–H groups in total. The second kappa shape index (κ2) is 6.61. The highest BCUT2D eigenvalue weighted by Gasteiger charge is 2.29. The third-order valence-corrected chi connectivity index (χ3v) is 5.57. The third-order valence-electron chi connectivity index (χ3n) is 5.57. The Morgan fingerprint density at radius 3 is 3.00 bits per heavy atom. The van der Waals surface area contributed by atoms with Crippen LogP contribution in [0.5, 0.6) is 0 Å². The average molecular weight is 359 g/mol. The Morgan fingerprint density at radius 1 is 1.11 bits per heavy atom. The van der Waals surface area contributed by atoms with Gasteiger partial charge in [0.2, 0.25) is 0 Å². The van der Waals surface area contributed by atoms with E-state index in [1.807, 2.05) is 35.2 Å². The number of benzene rings is 1. The van der Waals surface area contributed by atoms with Crippen LogP contribution in [0.2, 0.25) is 0 Å². The molecule has 0 spiro atoms. The molecule has 6 heteroatoms. The summed E-state index contributed by atoms with van der Waals surface area (Å²) in [6, 6.07) is 10.1. The van der Waals surface area contributed by atoms with Gasteiger partial charge < -0.3 is 10.2 Å². The summed E-state index contributed by atoms with van der Waals surface area (Å²) in [7, 11) is 0. The number of aryl methyl sites for hydroxylation is 1. The molecule has 1 unspecified atom stereocenters. The van der Waals surface area contributed by atoms with E-state index in [9.17, 15) is 4.79 Å². The number of likely N-dealkylation sites (tertiary alicyclic amines) is 1. The highest BCUT2D eigenvalue weighted by atomic mass is 16.2. The summed E-state index contributed by atoms with van der Waals surface area (Å²) < 4.78 is 0. The first-order chi connectivity index (χ1) is 13.3. The number of rotatable bonds is 3. The number of hydrogen-bond donors (Lipinski definition) is 1. The molecule has 136 valence electrons. The smallest absolute Gasteiger partial charge is 0.273 e. The van der Waals surface area contributed by atoms with Gasteiger partial charge in [-0.15, -0.1) is 0 Å². The number of hydrogen-bond acceptors (Lipinski definition) is 5. The van der Waals surface area contributed by atoms with Crippen LogP contribution in [0.3, 0.4) is 0 Å². The van der Waals surface area contributed by atoms with E-state index in [0.29, 0.717) is 12.2 Å². The zero-order valence-electron chi connectivity index (χ0n) is 15.1. The predicted molar refractivity (Wildman–Crippen MR) is 104 cm³/mol. The summed E-state index contributed by atoms with van der Waals surface area (Å²) in [4.78, 5) is 28.2. The molecule has 3 heterocycles. The molecule has 27 heavy (non-hydrogen) atoms. The maximum absolute atomic E-state index is 13.1. The molecule has 2 aromatic heterocycles. The van der Waals surface area contributed by atoms with E-state index in [-0.39, 0.29) is 11.9 Å². The molecule has 0 saturated carbocycles. The van der Waals surface area contributed by atoms with Crippen molar-refractivity contribution in [2.24, 2.45) is 0 Å². The van der Waals surface area contributed by atoms with E-state index in [1.165, 1.54) is 11.3 Å². The van der Waals surface area contributed by atoms with Crippen molar-refractivity contribution in [3.63, 3.8) is 0 Å². The molecule has 2 aliphatic rings. The van der Waals surface area contributed by atoms with Gasteiger partial charge in [0.1, 0.15) is 17.8 Å². The number of carbonyl (C=O) groups excluding carboxylic acids is 1. The van der Waals surface area contributed by atoms with Crippen LogP contribution in [0.15, 0.2) is 42.9 Å². The SMILES string of the molecule is O=C(c1nccc2ccccc12)N1CCC(Nc2ncnc3c2CCC3)C1. The first-order valence-corrected chi connectivity index (χ1v) is 9.52. The Bertz CT molecular complexity index is 1010. The zero-order valence-corrected chi connectivity index (χ0v) is 15.1. The summed E-state index contributed by atoms with van der Waals surface area (Å²) in [5, 5.41) is 5.50. The van der Waals surface area contributed by atoms with Gasteiger partial charge in [-0.05, 0) is 37.1 Å². The monoisotopic (exact) mass is 359 g/mol. The minimum absolute atomic E-state index is 0.00372. The quantitative estimate of drug-likeness (QED) is 0.779. The highest BCUT2D eigenvalue weighted by Crippen LogP contribution is 2.27. The van der Waals surface area contributed by atoms with Gasteiger partial charge in [-0.1, -0.05) is 24.3 Å². The predicted octanol–water partition coefficient (Wildman–Crippen LogP) is 2.84. The lowest BCUT2D eigenvalue weighted by molar-refractivity contribution is 0.0788. The fourth-order valence-corrected chi connectivity index (χ4v) is 4.18. The van der Waals surface area contributed by atoms with Crippen LogP contribution in [-0.2, 0) is 12.8 Å². The third kappa shape index (κ3) is 2.91. The van der Waals surface area contributed by atoms with E-state index in [0.717, 1.165) is 48.8 Å². The molecule has 5 rings (SSSR count). The number of fused-ring (bicyclic) bond motifs is 2. The Balaban J connectivity index is 1.34. The van der Waals surface area contributed by atoms with E-state index in [1.54, 1.807) is 12.5 Å². The standard InChI is InChI=1S/C21H21N5O/c27-21(19-16-5-2-1-4-14(16)8-10-22-19)26-11-9-15(12-26)25-20-17-6-3-7-18(17)23-13-24-20/h1-2,4-5,8,10,13,15H,3,6-7,9,11-12H2,(H,23,24,25). The molecular formula is C21H21N5O. The molecule has 6 nitrogen and oxygen atoms in total. The number of aromatic nitrogens is 3. The molecule has 3 aromatic rings. The Hall–Kier alpha value is -3.02. The van der Waals surface area contributed by atoms with Gasteiger partial charge in [-0.2, -0.15) is 0 Å². The molecule has 0 radical (unpaired) electrons. The number of nitrogens with one attached hydrogen (secondary N) is 1. The number of carbonyl (C=O) groups is 1. The minimum Gasteiger partial charge on any atom is -0.365 e. The number of pyridine rings is 1. The van der Waals surface area contributed by atoms with E-state index < -0.39 is 0 Å². The maximum atomic E-state index is 13.1. The number of nitrogens with zero attached hydrogens (tertiary/aromatic N) is 4. The summed E-state index contributed by atoms with van der Waals surface area (Å²) >= 11 is 0. The topological polar surface area (TPSA) is 71.0 Å². The van der Waals surface area contributed by atoms with Crippen molar-refractivity contribution in [3.8, 4) is 0 Å². The molecule has 1 saturated heterocycles. The molecule has 1 fully saturated rings. The fraction of sp³-hybridized carbons (Fsp3) is 0.333. The zero-order chi connectivity index (χ0) is 18.2. The van der Waals surface area contributed by atoms with Crippen molar-refractivity contribution in [3.05, 3.63) is 59.8 Å². The van der Waals surface area contributed by atoms with Crippen LogP contribution in [0.25, 0.3) is 10.8 Å². The van der Waals surface area contributed by atoms with E-state index in [4.69, 9.17) is 0 Å². The van der Waals surface area contributed by atoms with Gasteiger partial charge in [0.25, 0.3) is 5.91 Å². The van der Waals surface area contributed by atoms with Crippen molar-refractivity contribution in [1.29, 1.82) is 0 Å². The Morgan fingerprint density at radius 2 is 2.04 bits per heavy atom. The summed E-state index contributed by atoms with van der Waals surface area (Å²) in [5.41, 5.74) is 2.95. The van der Waals surface area contributed by atoms with Crippen molar-refractivity contribution in [2.75, 3.05) is 18.4 Å².